The fraction of sp³-hybridized carbons (Fsp3) is 0.500. The van der Waals surface area contributed by atoms with Gasteiger partial charge in [0.15, 0.2) is 11.6 Å². The fourth-order valence-electron chi connectivity index (χ4n) is 2.07. The highest BCUT2D eigenvalue weighted by atomic mass is 19.2. The van der Waals surface area contributed by atoms with Gasteiger partial charge in [0.1, 0.15) is 17.4 Å². The number of benzene rings is 1. The molecule has 0 aliphatic heterocycles. The number of nitrogens with one attached hydrogen (secondary N) is 1. The van der Waals surface area contributed by atoms with Crippen molar-refractivity contribution in [1.29, 1.82) is 0 Å². The number of rotatable bonds is 4. The van der Waals surface area contributed by atoms with E-state index < -0.39 is 28.9 Å². The van der Waals surface area contributed by atoms with Crippen molar-refractivity contribution in [3.63, 3.8) is 0 Å². The van der Waals surface area contributed by atoms with E-state index in [2.05, 4.69) is 5.32 Å². The van der Waals surface area contributed by atoms with E-state index >= 15 is 0 Å². The van der Waals surface area contributed by atoms with Gasteiger partial charge in [0.25, 0.3) is 0 Å². The van der Waals surface area contributed by atoms with E-state index in [0.29, 0.717) is 6.29 Å². The molecule has 7 heteroatoms. The van der Waals surface area contributed by atoms with Crippen LogP contribution in [0.3, 0.4) is 0 Å². The molecule has 0 bridgehead atoms. The van der Waals surface area contributed by atoms with Crippen LogP contribution in [0.15, 0.2) is 12.1 Å². The highest BCUT2D eigenvalue weighted by Gasteiger charge is 2.35. The zero-order valence-electron chi connectivity index (χ0n) is 14.2. The molecule has 1 aromatic rings. The van der Waals surface area contributed by atoms with E-state index in [9.17, 15) is 18.4 Å². The minimum atomic E-state index is -1.57. The second-order valence-electron chi connectivity index (χ2n) is 6.60. The number of carbonyl (C=O) groups is 2. The van der Waals surface area contributed by atoms with Crippen LogP contribution < -0.4 is 10.2 Å². The molecular formula is C16H22F2N2O3. The van der Waals surface area contributed by atoms with Crippen LogP contribution in [0.5, 0.6) is 0 Å². The zero-order valence-corrected chi connectivity index (χ0v) is 14.2. The SMILES string of the molecule is CN(C)c1c(C(C)(C=O)NC(=O)OC(C)(C)C)ccc(F)c1F. The lowest BCUT2D eigenvalue weighted by Gasteiger charge is -2.31. The molecule has 0 spiro atoms. The molecule has 1 N–H and O–H groups in total. The molecule has 0 radical (unpaired) electrons. The molecule has 0 saturated heterocycles. The molecule has 1 rings (SSSR count). The summed E-state index contributed by atoms with van der Waals surface area (Å²) >= 11 is 0. The van der Waals surface area contributed by atoms with Crippen LogP contribution >= 0.6 is 0 Å². The molecule has 5 nitrogen and oxygen atoms in total. The second-order valence-corrected chi connectivity index (χ2v) is 6.60. The second kappa shape index (κ2) is 6.52. The average Bonchev–Trinajstić information content (AvgIpc) is 2.38. The molecule has 1 atom stereocenters. The maximum absolute atomic E-state index is 14.1. The smallest absolute Gasteiger partial charge is 0.408 e. The number of halogens is 2. The van der Waals surface area contributed by atoms with E-state index in [1.165, 1.54) is 32.0 Å². The summed E-state index contributed by atoms with van der Waals surface area (Å²) in [6.45, 7) is 6.42. The Morgan fingerprint density at radius 1 is 1.22 bits per heavy atom. The van der Waals surface area contributed by atoms with E-state index in [1.807, 2.05) is 0 Å². The van der Waals surface area contributed by atoms with Crippen LogP contribution in [0, 0.1) is 11.6 Å². The van der Waals surface area contributed by atoms with Crippen molar-refractivity contribution in [2.24, 2.45) is 0 Å². The predicted octanol–water partition coefficient (Wildman–Crippen LogP) is 2.97. The Hall–Kier alpha value is -2.18. The molecule has 1 unspecified atom stereocenters. The third kappa shape index (κ3) is 4.40. The van der Waals surface area contributed by atoms with Gasteiger partial charge in [0.05, 0.1) is 5.69 Å². The quantitative estimate of drug-likeness (QED) is 0.863. The molecule has 0 aliphatic carbocycles. The number of amides is 1. The number of anilines is 1. The number of carbonyl (C=O) groups excluding carboxylic acids is 2. The lowest BCUT2D eigenvalue weighted by molar-refractivity contribution is -0.113. The Morgan fingerprint density at radius 2 is 1.78 bits per heavy atom. The van der Waals surface area contributed by atoms with Gasteiger partial charge >= 0.3 is 6.09 Å². The average molecular weight is 328 g/mol. The summed E-state index contributed by atoms with van der Waals surface area (Å²) in [5, 5.41) is 2.41. The predicted molar refractivity (Wildman–Crippen MR) is 83.5 cm³/mol. The maximum atomic E-state index is 14.1. The van der Waals surface area contributed by atoms with Crippen molar-refractivity contribution in [1.82, 2.24) is 5.32 Å². The summed E-state index contributed by atoms with van der Waals surface area (Å²) in [7, 11) is 3.03. The topological polar surface area (TPSA) is 58.6 Å². The van der Waals surface area contributed by atoms with Crippen molar-refractivity contribution in [2.45, 2.75) is 38.8 Å². The summed E-state index contributed by atoms with van der Waals surface area (Å²) < 4.78 is 32.7. The minimum absolute atomic E-state index is 0.115. The van der Waals surface area contributed by atoms with E-state index in [-0.39, 0.29) is 11.3 Å². The lowest BCUT2D eigenvalue weighted by Crippen LogP contribution is -2.47. The number of ether oxygens (including phenoxy) is 1. The van der Waals surface area contributed by atoms with Crippen LogP contribution in [0.25, 0.3) is 0 Å². The minimum Gasteiger partial charge on any atom is -0.444 e. The van der Waals surface area contributed by atoms with Crippen LogP contribution in [0.1, 0.15) is 33.3 Å². The molecule has 1 amide bonds. The maximum Gasteiger partial charge on any atom is 0.408 e. The standard InChI is InChI=1S/C16H22F2N2O3/c1-15(2,3)23-14(22)19-16(4,9-21)10-7-8-11(17)12(18)13(10)20(5)6/h7-9H,1-6H3,(H,19,22). The van der Waals surface area contributed by atoms with Gasteiger partial charge in [-0.3, -0.25) is 0 Å². The van der Waals surface area contributed by atoms with Gasteiger partial charge in [-0.15, -0.1) is 0 Å². The van der Waals surface area contributed by atoms with Crippen molar-refractivity contribution >= 4 is 18.1 Å². The van der Waals surface area contributed by atoms with Gasteiger partial charge in [0.2, 0.25) is 0 Å². The van der Waals surface area contributed by atoms with E-state index in [1.54, 1.807) is 20.8 Å². The lowest BCUT2D eigenvalue weighted by atomic mass is 9.91. The highest BCUT2D eigenvalue weighted by molar-refractivity contribution is 5.80. The van der Waals surface area contributed by atoms with Crippen LogP contribution in [0.2, 0.25) is 0 Å². The summed E-state index contributed by atoms with van der Waals surface area (Å²) in [6, 6.07) is 2.18. The molecule has 0 aliphatic rings. The normalized spacial score (nSPS) is 13.9. The summed E-state index contributed by atoms with van der Waals surface area (Å²) in [4.78, 5) is 24.9. The van der Waals surface area contributed by atoms with E-state index in [4.69, 9.17) is 4.74 Å². The largest absolute Gasteiger partial charge is 0.444 e. The Morgan fingerprint density at radius 3 is 2.22 bits per heavy atom. The van der Waals surface area contributed by atoms with Gasteiger partial charge in [-0.05, 0) is 33.8 Å². The van der Waals surface area contributed by atoms with Crippen LogP contribution in [0.4, 0.5) is 19.3 Å². The molecule has 128 valence electrons. The van der Waals surface area contributed by atoms with Gasteiger partial charge in [-0.2, -0.15) is 0 Å². The first-order chi connectivity index (χ1) is 10.4. The number of nitrogens with zero attached hydrogens (tertiary/aromatic N) is 1. The third-order valence-corrected chi connectivity index (χ3v) is 3.07. The van der Waals surface area contributed by atoms with Gasteiger partial charge in [-0.25, -0.2) is 13.6 Å². The van der Waals surface area contributed by atoms with Gasteiger partial charge < -0.3 is 19.7 Å². The number of alkyl carbamates (subject to hydrolysis) is 1. The van der Waals surface area contributed by atoms with Gasteiger partial charge in [0, 0.05) is 19.7 Å². The Labute approximate surface area is 134 Å². The first kappa shape index (κ1) is 18.9. The van der Waals surface area contributed by atoms with E-state index in [0.717, 1.165) is 6.07 Å². The summed E-state index contributed by atoms with van der Waals surface area (Å²) in [5.74, 6) is -2.13. The summed E-state index contributed by atoms with van der Waals surface area (Å²) in [5.41, 5.74) is -2.32. The molecule has 0 aromatic heterocycles. The molecule has 0 saturated carbocycles. The van der Waals surface area contributed by atoms with Crippen molar-refractivity contribution in [3.05, 3.63) is 29.3 Å². The molecule has 23 heavy (non-hydrogen) atoms. The van der Waals surface area contributed by atoms with Crippen molar-refractivity contribution < 1.29 is 23.1 Å². The third-order valence-electron chi connectivity index (χ3n) is 3.07. The first-order valence-electron chi connectivity index (χ1n) is 7.04. The molecular weight excluding hydrogens is 306 g/mol. The van der Waals surface area contributed by atoms with Crippen LogP contribution in [-0.2, 0) is 15.1 Å². The molecule has 0 fully saturated rings. The van der Waals surface area contributed by atoms with Crippen molar-refractivity contribution in [3.8, 4) is 0 Å². The summed E-state index contributed by atoms with van der Waals surface area (Å²) in [6.07, 6.45) is -0.377. The van der Waals surface area contributed by atoms with Crippen molar-refractivity contribution in [2.75, 3.05) is 19.0 Å². The Balaban J connectivity index is 3.31. The number of hydrogen-bond acceptors (Lipinski definition) is 4. The van der Waals surface area contributed by atoms with Gasteiger partial charge in [-0.1, -0.05) is 6.07 Å². The monoisotopic (exact) mass is 328 g/mol. The Bertz CT molecular complexity index is 612. The zero-order chi connectivity index (χ0) is 18.0. The number of aldehydes is 1. The number of hydrogen-bond donors (Lipinski definition) is 1. The Kier molecular flexibility index (Phi) is 5.35. The highest BCUT2D eigenvalue weighted by Crippen LogP contribution is 2.32. The van der Waals surface area contributed by atoms with Crippen LogP contribution in [-0.4, -0.2) is 32.1 Å². The first-order valence-corrected chi connectivity index (χ1v) is 7.04. The fourth-order valence-corrected chi connectivity index (χ4v) is 2.07. The molecule has 1 aromatic carbocycles. The molecule has 0 heterocycles.